The van der Waals surface area contributed by atoms with E-state index >= 15 is 0 Å². The van der Waals surface area contributed by atoms with Crippen molar-refractivity contribution in [2.45, 2.75) is 31.7 Å². The minimum atomic E-state index is 0.125. The van der Waals surface area contributed by atoms with E-state index in [1.54, 1.807) is 0 Å². The minimum absolute atomic E-state index is 0.125. The quantitative estimate of drug-likeness (QED) is 0.897. The molecule has 1 heterocycles. The van der Waals surface area contributed by atoms with Crippen molar-refractivity contribution >= 4 is 17.5 Å². The molecule has 1 amide bonds. The Morgan fingerprint density at radius 3 is 2.70 bits per heavy atom. The number of piperazine rings is 1. The Kier molecular flexibility index (Phi) is 5.24. The van der Waals surface area contributed by atoms with Gasteiger partial charge in [-0.05, 0) is 36.5 Å². The third-order valence-corrected chi connectivity index (χ3v) is 5.44. The third kappa shape index (κ3) is 3.70. The lowest BCUT2D eigenvalue weighted by molar-refractivity contribution is -0.134. The van der Waals surface area contributed by atoms with Crippen LogP contribution in [0.5, 0.6) is 0 Å². The Labute approximate surface area is 143 Å². The van der Waals surface area contributed by atoms with Crippen molar-refractivity contribution in [2.75, 3.05) is 32.8 Å². The number of aliphatic hydroxyl groups excluding tert-OH is 1. The summed E-state index contributed by atoms with van der Waals surface area (Å²) in [6.45, 7) is 5.56. The van der Waals surface area contributed by atoms with E-state index in [4.69, 9.17) is 11.6 Å². The number of rotatable bonds is 5. The van der Waals surface area contributed by atoms with E-state index in [0.717, 1.165) is 44.0 Å². The first-order valence-corrected chi connectivity index (χ1v) is 8.91. The fourth-order valence-electron chi connectivity index (χ4n) is 3.62. The highest BCUT2D eigenvalue weighted by atomic mass is 35.5. The lowest BCUT2D eigenvalue weighted by Crippen LogP contribution is -2.53. The predicted molar refractivity (Wildman–Crippen MR) is 91.6 cm³/mol. The van der Waals surface area contributed by atoms with Gasteiger partial charge in [-0.3, -0.25) is 9.69 Å². The zero-order valence-electron chi connectivity index (χ0n) is 13.6. The van der Waals surface area contributed by atoms with Gasteiger partial charge in [0.25, 0.3) is 0 Å². The zero-order chi connectivity index (χ0) is 16.4. The fraction of sp³-hybridized carbons (Fsp3) is 0.611. The summed E-state index contributed by atoms with van der Waals surface area (Å²) in [6, 6.07) is 8.09. The molecule has 0 bridgehead atoms. The van der Waals surface area contributed by atoms with Crippen LogP contribution >= 0.6 is 11.6 Å². The van der Waals surface area contributed by atoms with E-state index < -0.39 is 0 Å². The number of hydrogen-bond acceptors (Lipinski definition) is 3. The van der Waals surface area contributed by atoms with Crippen LogP contribution in [0.3, 0.4) is 0 Å². The number of halogens is 1. The Morgan fingerprint density at radius 1 is 1.35 bits per heavy atom. The highest BCUT2D eigenvalue weighted by Gasteiger charge is 2.46. The molecule has 1 N–H and O–H groups in total. The number of carbonyl (C=O) groups is 1. The standard InChI is InChI=1S/C18H25ClN2O2/c1-2-15(12-22)20-6-8-21(9-7-20)18(23)17-11-16(17)13-4-3-5-14(19)10-13/h3-5,10,15-17,22H,2,6-9,11-12H2,1H3. The highest BCUT2D eigenvalue weighted by Crippen LogP contribution is 2.48. The first-order valence-electron chi connectivity index (χ1n) is 8.53. The molecule has 1 aromatic rings. The number of carbonyl (C=O) groups excluding carboxylic acids is 1. The van der Waals surface area contributed by atoms with Gasteiger partial charge in [0.1, 0.15) is 0 Å². The topological polar surface area (TPSA) is 43.8 Å². The van der Waals surface area contributed by atoms with Crippen LogP contribution < -0.4 is 0 Å². The molecule has 23 heavy (non-hydrogen) atoms. The summed E-state index contributed by atoms with van der Waals surface area (Å²) in [5.74, 6) is 0.742. The summed E-state index contributed by atoms with van der Waals surface area (Å²) >= 11 is 6.04. The van der Waals surface area contributed by atoms with Crippen molar-refractivity contribution in [3.8, 4) is 0 Å². The molecule has 0 spiro atoms. The van der Waals surface area contributed by atoms with E-state index in [2.05, 4.69) is 17.9 Å². The molecular weight excluding hydrogens is 312 g/mol. The van der Waals surface area contributed by atoms with Crippen LogP contribution in [-0.2, 0) is 4.79 Å². The predicted octanol–water partition coefficient (Wildman–Crippen LogP) is 2.36. The van der Waals surface area contributed by atoms with Gasteiger partial charge >= 0.3 is 0 Å². The molecule has 1 aromatic carbocycles. The molecule has 1 saturated carbocycles. The Bertz CT molecular complexity index is 554. The van der Waals surface area contributed by atoms with E-state index in [9.17, 15) is 9.90 Å². The lowest BCUT2D eigenvalue weighted by Gasteiger charge is -2.38. The molecule has 126 valence electrons. The summed E-state index contributed by atoms with van der Waals surface area (Å²) in [4.78, 5) is 17.0. The van der Waals surface area contributed by atoms with Crippen molar-refractivity contribution in [3.63, 3.8) is 0 Å². The molecule has 0 aromatic heterocycles. The molecule has 1 saturated heterocycles. The normalized spacial score (nSPS) is 26.1. The summed E-state index contributed by atoms with van der Waals surface area (Å²) in [7, 11) is 0. The molecule has 3 unspecified atom stereocenters. The second-order valence-electron chi connectivity index (χ2n) is 6.61. The van der Waals surface area contributed by atoms with Crippen LogP contribution in [0.4, 0.5) is 0 Å². The first kappa shape index (κ1) is 16.7. The van der Waals surface area contributed by atoms with Gasteiger partial charge in [0.2, 0.25) is 5.91 Å². The maximum Gasteiger partial charge on any atom is 0.226 e. The second-order valence-corrected chi connectivity index (χ2v) is 7.05. The highest BCUT2D eigenvalue weighted by molar-refractivity contribution is 6.30. The Morgan fingerprint density at radius 2 is 2.09 bits per heavy atom. The van der Waals surface area contributed by atoms with Crippen LogP contribution in [0.25, 0.3) is 0 Å². The number of aliphatic hydroxyl groups is 1. The summed E-state index contributed by atoms with van der Waals surface area (Å²) in [6.07, 6.45) is 1.89. The number of hydrogen-bond donors (Lipinski definition) is 1. The van der Waals surface area contributed by atoms with Gasteiger partial charge in [-0.25, -0.2) is 0 Å². The maximum atomic E-state index is 12.7. The number of nitrogens with zero attached hydrogens (tertiary/aromatic N) is 2. The van der Waals surface area contributed by atoms with E-state index in [0.29, 0.717) is 5.92 Å². The molecule has 3 rings (SSSR count). The van der Waals surface area contributed by atoms with Crippen LogP contribution in [0, 0.1) is 5.92 Å². The summed E-state index contributed by atoms with van der Waals surface area (Å²) in [5, 5.41) is 10.1. The number of amides is 1. The molecule has 1 aliphatic heterocycles. The molecule has 1 aliphatic carbocycles. The Balaban J connectivity index is 1.53. The lowest BCUT2D eigenvalue weighted by atomic mass is 10.1. The first-order chi connectivity index (χ1) is 11.1. The molecule has 2 fully saturated rings. The smallest absolute Gasteiger partial charge is 0.226 e. The van der Waals surface area contributed by atoms with Gasteiger partial charge in [0.15, 0.2) is 0 Å². The number of benzene rings is 1. The Hall–Kier alpha value is -1.10. The van der Waals surface area contributed by atoms with Crippen LogP contribution in [0.1, 0.15) is 31.2 Å². The fourth-order valence-corrected chi connectivity index (χ4v) is 3.82. The van der Waals surface area contributed by atoms with Gasteiger partial charge in [-0.15, -0.1) is 0 Å². The summed E-state index contributed by atoms with van der Waals surface area (Å²) < 4.78 is 0. The average Bonchev–Trinajstić information content (AvgIpc) is 3.37. The van der Waals surface area contributed by atoms with Crippen molar-refractivity contribution < 1.29 is 9.90 Å². The zero-order valence-corrected chi connectivity index (χ0v) is 14.4. The van der Waals surface area contributed by atoms with Gasteiger partial charge < -0.3 is 10.0 Å². The molecular formula is C18H25ClN2O2. The molecule has 3 atom stereocenters. The maximum absolute atomic E-state index is 12.7. The van der Waals surface area contributed by atoms with Crippen LogP contribution in [0.2, 0.25) is 5.02 Å². The summed E-state index contributed by atoms with van der Waals surface area (Å²) in [5.41, 5.74) is 1.18. The van der Waals surface area contributed by atoms with Crippen molar-refractivity contribution in [3.05, 3.63) is 34.9 Å². The van der Waals surface area contributed by atoms with Crippen molar-refractivity contribution in [1.29, 1.82) is 0 Å². The second kappa shape index (κ2) is 7.20. The SMILES string of the molecule is CCC(CO)N1CCN(C(=O)C2CC2c2cccc(Cl)c2)CC1. The van der Waals surface area contributed by atoms with Gasteiger partial charge in [0.05, 0.1) is 6.61 Å². The van der Waals surface area contributed by atoms with Gasteiger partial charge in [-0.2, -0.15) is 0 Å². The van der Waals surface area contributed by atoms with E-state index in [1.165, 1.54) is 5.56 Å². The largest absolute Gasteiger partial charge is 0.395 e. The van der Waals surface area contributed by atoms with E-state index in [1.807, 2.05) is 23.1 Å². The molecule has 4 nitrogen and oxygen atoms in total. The van der Waals surface area contributed by atoms with Crippen molar-refractivity contribution in [1.82, 2.24) is 9.80 Å². The molecule has 5 heteroatoms. The average molecular weight is 337 g/mol. The van der Waals surface area contributed by atoms with Crippen molar-refractivity contribution in [2.24, 2.45) is 5.92 Å². The third-order valence-electron chi connectivity index (χ3n) is 5.21. The molecule has 0 radical (unpaired) electrons. The van der Waals surface area contributed by atoms with Gasteiger partial charge in [0, 0.05) is 43.2 Å². The monoisotopic (exact) mass is 336 g/mol. The van der Waals surface area contributed by atoms with E-state index in [-0.39, 0.29) is 24.5 Å². The van der Waals surface area contributed by atoms with Gasteiger partial charge in [-0.1, -0.05) is 30.7 Å². The van der Waals surface area contributed by atoms with Crippen LogP contribution in [-0.4, -0.2) is 59.6 Å². The molecule has 2 aliphatic rings. The minimum Gasteiger partial charge on any atom is -0.395 e. The van der Waals surface area contributed by atoms with Crippen LogP contribution in [0.15, 0.2) is 24.3 Å².